The molecule has 2 aliphatic rings. The van der Waals surface area contributed by atoms with Crippen molar-refractivity contribution in [3.8, 4) is 106 Å². The van der Waals surface area contributed by atoms with Gasteiger partial charge >= 0.3 is 0 Å². The maximum Gasteiger partial charge on any atom is 0.137 e. The van der Waals surface area contributed by atoms with Gasteiger partial charge in [-0.3, -0.25) is 0 Å². The molecule has 1 unspecified atom stereocenters. The molecule has 0 bridgehead atoms. The van der Waals surface area contributed by atoms with Crippen molar-refractivity contribution < 1.29 is 8.83 Å². The van der Waals surface area contributed by atoms with Gasteiger partial charge in [0.25, 0.3) is 0 Å². The fraction of sp³-hybridized carbons (Fsp3) is 0.0143. The molecule has 2 aliphatic carbocycles. The van der Waals surface area contributed by atoms with E-state index in [2.05, 4.69) is 526 Å². The minimum Gasteiger partial charge on any atom is -0.456 e. The number of benzene rings is 23. The molecule has 7 nitrogen and oxygen atoms in total. The second-order valence-electron chi connectivity index (χ2n) is 39.1. The first-order valence-corrected chi connectivity index (χ1v) is 50.7. The van der Waals surface area contributed by atoms with Crippen LogP contribution in [0.4, 0.5) is 0 Å². The molecule has 686 valence electrons. The van der Waals surface area contributed by atoms with Gasteiger partial charge in [0.1, 0.15) is 22.3 Å². The summed E-state index contributed by atoms with van der Waals surface area (Å²) in [5.74, 6) is 0.252. The van der Waals surface area contributed by atoms with Crippen molar-refractivity contribution in [2.75, 3.05) is 0 Å². The lowest BCUT2D eigenvalue weighted by atomic mass is 9.89. The van der Waals surface area contributed by atoms with E-state index in [4.69, 9.17) is 8.83 Å². The van der Waals surface area contributed by atoms with Crippen LogP contribution in [-0.2, 0) is 6.42 Å². The summed E-state index contributed by atoms with van der Waals surface area (Å²) in [5.41, 5.74) is 45.8. The summed E-state index contributed by atoms with van der Waals surface area (Å²) >= 11 is 0. The number of fused-ring (bicyclic) bond motifs is 27. The van der Waals surface area contributed by atoms with Crippen molar-refractivity contribution in [3.05, 3.63) is 550 Å². The average molecular weight is 1870 g/mol. The number of hydrogen-bond donors (Lipinski definition) is 0. The van der Waals surface area contributed by atoms with Gasteiger partial charge in [-0.05, 0) is 253 Å². The predicted molar refractivity (Wildman–Crippen MR) is 614 cm³/mol. The largest absolute Gasteiger partial charge is 0.456 e. The maximum absolute atomic E-state index is 6.33. The number of para-hydroxylation sites is 11. The molecule has 0 radical (unpaired) electrons. The molecule has 0 saturated heterocycles. The van der Waals surface area contributed by atoms with Crippen LogP contribution in [0.1, 0.15) is 33.7 Å². The second-order valence-corrected chi connectivity index (χ2v) is 39.1. The van der Waals surface area contributed by atoms with Crippen molar-refractivity contribution in [3.63, 3.8) is 0 Å². The normalized spacial score (nSPS) is 12.7. The highest BCUT2D eigenvalue weighted by Gasteiger charge is 2.32. The van der Waals surface area contributed by atoms with Crippen molar-refractivity contribution in [2.45, 2.75) is 12.3 Å². The topological polar surface area (TPSA) is 50.9 Å². The lowest BCUT2D eigenvalue weighted by Crippen LogP contribution is -1.99. The lowest BCUT2D eigenvalue weighted by molar-refractivity contribution is 0.668. The minimum absolute atomic E-state index is 0.252. The molecule has 1 atom stereocenters. The van der Waals surface area contributed by atoms with Crippen LogP contribution in [0.3, 0.4) is 0 Å². The van der Waals surface area contributed by atoms with Crippen LogP contribution < -0.4 is 0 Å². The highest BCUT2D eigenvalue weighted by atomic mass is 16.3. The molecule has 0 N–H and O–H groups in total. The Bertz CT molecular complexity index is 10600. The molecule has 0 saturated carbocycles. The third kappa shape index (κ3) is 13.3. The number of rotatable bonds is 11. The lowest BCUT2D eigenvalue weighted by Gasteiger charge is -2.17. The van der Waals surface area contributed by atoms with Crippen molar-refractivity contribution >= 4 is 153 Å². The van der Waals surface area contributed by atoms with E-state index >= 15 is 0 Å². The van der Waals surface area contributed by atoms with Crippen molar-refractivity contribution in [1.82, 2.24) is 22.8 Å². The molecule has 0 spiro atoms. The third-order valence-corrected chi connectivity index (χ3v) is 31.2. The Hall–Kier alpha value is -19.3. The first kappa shape index (κ1) is 83.4. The Morgan fingerprint density at radius 3 is 1.08 bits per heavy atom. The number of hydrogen-bond acceptors (Lipinski definition) is 2. The number of nitrogens with zero attached hydrogens (tertiary/aromatic N) is 5. The van der Waals surface area contributed by atoms with E-state index < -0.39 is 0 Å². The second kappa shape index (κ2) is 33.7. The fourth-order valence-corrected chi connectivity index (χ4v) is 24.7. The van der Waals surface area contributed by atoms with Crippen LogP contribution in [0, 0.1) is 0 Å². The quantitative estimate of drug-likeness (QED) is 0.130. The number of aromatic nitrogens is 5. The zero-order valence-electron chi connectivity index (χ0n) is 80.0. The van der Waals surface area contributed by atoms with E-state index in [-0.39, 0.29) is 5.92 Å². The van der Waals surface area contributed by atoms with Crippen LogP contribution >= 0.6 is 0 Å². The SMILES string of the molecule is c1ccc(-n2c3ccccc3c3cc(-c4ccc5c6ccccc6n(-c6ccccc6-c6ccc7c(c6)oc6ccccc67)c5c4)ccc32)cc1.c1ccc(-n2c3ccccc3c3cc(-c4ccc5c6ccccc6n(-c6ccccc6-c6cccc7c6Cc6ccccc6-7)c5c4)ccc32)cc1.c1ccc(C2c3ccccc3-c3cc(-c4ccc5c6ccccc6n(-c6cccc7oc8ccccc8c67)c5c4)ccc32)cc1. The van der Waals surface area contributed by atoms with Gasteiger partial charge in [0.2, 0.25) is 0 Å². The molecular weight excluding hydrogens is 1780 g/mol. The Kier molecular flexibility index (Phi) is 19.1. The first-order chi connectivity index (χ1) is 72.9. The van der Waals surface area contributed by atoms with Crippen molar-refractivity contribution in [1.29, 1.82) is 0 Å². The fourth-order valence-electron chi connectivity index (χ4n) is 24.7. The zero-order chi connectivity index (χ0) is 96.4. The summed E-state index contributed by atoms with van der Waals surface area (Å²) in [6, 6.07) is 190. The van der Waals surface area contributed by atoms with Gasteiger partial charge in [-0.25, -0.2) is 0 Å². The van der Waals surface area contributed by atoms with Gasteiger partial charge in [-0.15, -0.1) is 0 Å². The Morgan fingerprint density at radius 1 is 0.170 bits per heavy atom. The molecule has 7 heterocycles. The molecule has 0 aliphatic heterocycles. The van der Waals surface area contributed by atoms with Crippen molar-refractivity contribution in [2.24, 2.45) is 0 Å². The zero-order valence-corrected chi connectivity index (χ0v) is 80.0. The van der Waals surface area contributed by atoms with E-state index in [0.29, 0.717) is 0 Å². The van der Waals surface area contributed by atoms with Gasteiger partial charge in [0.15, 0.2) is 0 Å². The Balaban J connectivity index is 0.000000102. The Morgan fingerprint density at radius 2 is 0.510 bits per heavy atom. The highest BCUT2D eigenvalue weighted by molar-refractivity contribution is 6.19. The van der Waals surface area contributed by atoms with Crippen LogP contribution in [0.2, 0.25) is 0 Å². The Labute approximate surface area is 846 Å². The summed E-state index contributed by atoms with van der Waals surface area (Å²) in [7, 11) is 0. The molecular formula is C140H89N5O2. The summed E-state index contributed by atoms with van der Waals surface area (Å²) in [4.78, 5) is 0. The average Bonchev–Trinajstić information content (AvgIpc) is 1.57. The van der Waals surface area contributed by atoms with E-state index in [1.807, 2.05) is 18.2 Å². The molecule has 147 heavy (non-hydrogen) atoms. The predicted octanol–water partition coefficient (Wildman–Crippen LogP) is 37.4. The first-order valence-electron chi connectivity index (χ1n) is 50.7. The van der Waals surface area contributed by atoms with Crippen LogP contribution in [0.5, 0.6) is 0 Å². The van der Waals surface area contributed by atoms with Crippen LogP contribution in [0.15, 0.2) is 531 Å². The molecule has 30 aromatic rings. The summed E-state index contributed by atoms with van der Waals surface area (Å²) in [6.07, 6.45) is 0.955. The molecule has 7 aromatic heterocycles. The molecule has 0 fully saturated rings. The molecule has 7 heteroatoms. The van der Waals surface area contributed by atoms with Crippen LogP contribution in [-0.4, -0.2) is 22.8 Å². The highest BCUT2D eigenvalue weighted by Crippen LogP contribution is 2.53. The van der Waals surface area contributed by atoms with Gasteiger partial charge in [-0.1, -0.05) is 370 Å². The van der Waals surface area contributed by atoms with Gasteiger partial charge in [0.05, 0.1) is 77.6 Å². The van der Waals surface area contributed by atoms with E-state index in [1.165, 1.54) is 221 Å². The monoisotopic (exact) mass is 1870 g/mol. The minimum atomic E-state index is 0.252. The summed E-state index contributed by atoms with van der Waals surface area (Å²) < 4.78 is 24.7. The molecule has 23 aromatic carbocycles. The van der Waals surface area contributed by atoms with Gasteiger partial charge in [-0.2, -0.15) is 0 Å². The number of furan rings is 2. The maximum atomic E-state index is 6.33. The molecule has 32 rings (SSSR count). The van der Waals surface area contributed by atoms with Crippen LogP contribution in [0.25, 0.3) is 259 Å². The van der Waals surface area contributed by atoms with E-state index in [1.54, 1.807) is 0 Å². The smallest absolute Gasteiger partial charge is 0.137 e. The summed E-state index contributed by atoms with van der Waals surface area (Å²) in [6.45, 7) is 0. The van der Waals surface area contributed by atoms with E-state index in [0.717, 1.165) is 72.8 Å². The standard InChI is InChI=1S/C49H32N2.C48H30N2O.C43H27NO/c1-2-14-35(15-3-1)50-45-22-9-8-19-41(45)44-29-32(26-28-48(44)50)33-25-27-42-40-18-7-11-24-47(40)51(49(42)31-33)46-23-10-6-17-39(46)38-21-12-20-37-36-16-5-4-13-34(36)30-43(37)38;1-2-12-34(13-3-1)49-43-19-9-6-16-37(43)41-28-31(24-27-45(41)49)32-22-25-38-36-15-5-10-20-44(36)50(46(38)29-32)42-18-8-4-14-35(42)33-23-26-40-39-17-7-11-21-47(39)51-48(40)30-33;1-2-11-27(12-3-1)42-33-15-5-4-13-30(33)36-25-28(22-24-34(36)42)29-21-23-32-31-14-6-8-17-37(31)44(39(32)26-29)38-18-10-20-41-43(38)35-16-7-9-19-40(35)45-41/h1-29,31H,30H2;1-30H;1-26,42H. The van der Waals surface area contributed by atoms with E-state index in [9.17, 15) is 0 Å². The van der Waals surface area contributed by atoms with Gasteiger partial charge < -0.3 is 31.7 Å². The third-order valence-electron chi connectivity index (χ3n) is 31.2. The van der Waals surface area contributed by atoms with Gasteiger partial charge in [0, 0.05) is 98.4 Å². The summed E-state index contributed by atoms with van der Waals surface area (Å²) in [5, 5.41) is 17.1. The molecule has 0 amide bonds.